The highest BCUT2D eigenvalue weighted by atomic mass is 16.6. The Morgan fingerprint density at radius 2 is 2.00 bits per heavy atom. The van der Waals surface area contributed by atoms with Gasteiger partial charge in [0.15, 0.2) is 11.5 Å². The Balaban J connectivity index is 1.57. The normalized spacial score (nSPS) is 12.8. The van der Waals surface area contributed by atoms with Crippen molar-refractivity contribution in [3.8, 4) is 11.5 Å². The van der Waals surface area contributed by atoms with Crippen LogP contribution < -0.4 is 14.8 Å². The Labute approximate surface area is 129 Å². The topological polar surface area (TPSA) is 60.5 Å². The minimum absolute atomic E-state index is 0.0482. The Bertz CT molecular complexity index is 685. The Kier molecular flexibility index (Phi) is 4.23. The number of fused-ring (bicyclic) bond motifs is 1. The van der Waals surface area contributed by atoms with E-state index < -0.39 is 0 Å². The van der Waals surface area contributed by atoms with Crippen LogP contribution in [0, 0.1) is 6.92 Å². The Hall–Kier alpha value is -2.56. The lowest BCUT2D eigenvalue weighted by atomic mass is 10.1. The number of anilines is 1. The number of amides is 1. The van der Waals surface area contributed by atoms with Crippen molar-refractivity contribution in [2.75, 3.05) is 18.5 Å². The molecule has 1 aromatic carbocycles. The summed E-state index contributed by atoms with van der Waals surface area (Å²) in [4.78, 5) is 16.2. The molecule has 0 saturated carbocycles. The molecular formula is C17H18N2O3. The second kappa shape index (κ2) is 6.47. The fraction of sp³-hybridized carbons (Fsp3) is 0.294. The number of nitrogens with zero attached hydrogens (tertiary/aromatic N) is 1. The average Bonchev–Trinajstić information content (AvgIpc) is 2.53. The van der Waals surface area contributed by atoms with Gasteiger partial charge in [-0.05, 0) is 43.2 Å². The number of aromatic nitrogens is 1. The van der Waals surface area contributed by atoms with E-state index in [0.29, 0.717) is 31.9 Å². The van der Waals surface area contributed by atoms with Crippen LogP contribution in [-0.2, 0) is 11.2 Å². The van der Waals surface area contributed by atoms with Crippen LogP contribution in [0.2, 0.25) is 0 Å². The zero-order valence-electron chi connectivity index (χ0n) is 12.5. The highest BCUT2D eigenvalue weighted by Gasteiger charge is 2.12. The van der Waals surface area contributed by atoms with Gasteiger partial charge in [0.1, 0.15) is 19.0 Å². The minimum Gasteiger partial charge on any atom is -0.486 e. The van der Waals surface area contributed by atoms with Crippen LogP contribution in [0.3, 0.4) is 0 Å². The van der Waals surface area contributed by atoms with Crippen molar-refractivity contribution in [1.29, 1.82) is 0 Å². The molecule has 5 heteroatoms. The van der Waals surface area contributed by atoms with E-state index in [0.717, 1.165) is 22.8 Å². The van der Waals surface area contributed by atoms with Crippen molar-refractivity contribution >= 4 is 11.7 Å². The number of benzene rings is 1. The van der Waals surface area contributed by atoms with Crippen LogP contribution in [0.25, 0.3) is 0 Å². The molecule has 1 amide bonds. The average molecular weight is 298 g/mol. The number of ether oxygens (including phenoxy) is 2. The number of hydrogen-bond acceptors (Lipinski definition) is 4. The quantitative estimate of drug-likeness (QED) is 0.943. The van der Waals surface area contributed by atoms with E-state index in [9.17, 15) is 4.79 Å². The standard InChI is InChI=1S/C17H18N2O3/c1-12-3-2-4-16(18-12)19-17(20)8-6-13-5-7-14-15(11-13)22-10-9-21-14/h2-5,7,11H,6,8-10H2,1H3,(H,18,19,20). The highest BCUT2D eigenvalue weighted by Crippen LogP contribution is 2.31. The van der Waals surface area contributed by atoms with E-state index in [1.54, 1.807) is 6.07 Å². The molecule has 5 nitrogen and oxygen atoms in total. The first kappa shape index (κ1) is 14.4. The molecule has 1 aliphatic rings. The number of pyridine rings is 1. The highest BCUT2D eigenvalue weighted by molar-refractivity contribution is 5.89. The molecule has 114 valence electrons. The van der Waals surface area contributed by atoms with Crippen LogP contribution in [0.5, 0.6) is 11.5 Å². The monoisotopic (exact) mass is 298 g/mol. The van der Waals surface area contributed by atoms with E-state index in [1.807, 2.05) is 37.3 Å². The summed E-state index contributed by atoms with van der Waals surface area (Å²) in [6.07, 6.45) is 1.05. The van der Waals surface area contributed by atoms with E-state index >= 15 is 0 Å². The molecule has 0 spiro atoms. The number of rotatable bonds is 4. The van der Waals surface area contributed by atoms with E-state index in [4.69, 9.17) is 9.47 Å². The molecule has 0 unspecified atom stereocenters. The molecule has 0 saturated heterocycles. The SMILES string of the molecule is Cc1cccc(NC(=O)CCc2ccc3c(c2)OCCO3)n1. The molecule has 0 aliphatic carbocycles. The number of nitrogens with one attached hydrogen (secondary N) is 1. The van der Waals surface area contributed by atoms with Crippen molar-refractivity contribution in [2.45, 2.75) is 19.8 Å². The van der Waals surface area contributed by atoms with Gasteiger partial charge < -0.3 is 14.8 Å². The van der Waals surface area contributed by atoms with Gasteiger partial charge in [-0.3, -0.25) is 4.79 Å². The Morgan fingerprint density at radius 3 is 2.82 bits per heavy atom. The maximum Gasteiger partial charge on any atom is 0.225 e. The molecule has 0 radical (unpaired) electrons. The first-order chi connectivity index (χ1) is 10.7. The second-order valence-electron chi connectivity index (χ2n) is 5.19. The molecule has 0 atom stereocenters. The summed E-state index contributed by atoms with van der Waals surface area (Å²) in [5.41, 5.74) is 1.93. The van der Waals surface area contributed by atoms with Gasteiger partial charge in [0.25, 0.3) is 0 Å². The van der Waals surface area contributed by atoms with Gasteiger partial charge in [0.05, 0.1) is 0 Å². The molecule has 1 N–H and O–H groups in total. The van der Waals surface area contributed by atoms with Crippen LogP contribution in [0.1, 0.15) is 17.7 Å². The van der Waals surface area contributed by atoms with Crippen LogP contribution in [-0.4, -0.2) is 24.1 Å². The lowest BCUT2D eigenvalue weighted by Gasteiger charge is -2.18. The van der Waals surface area contributed by atoms with E-state index in [1.165, 1.54) is 0 Å². The molecule has 22 heavy (non-hydrogen) atoms. The zero-order chi connectivity index (χ0) is 15.4. The molecule has 1 aromatic heterocycles. The van der Waals surface area contributed by atoms with Gasteiger partial charge in [0.2, 0.25) is 5.91 Å². The van der Waals surface area contributed by atoms with E-state index in [2.05, 4.69) is 10.3 Å². The summed E-state index contributed by atoms with van der Waals surface area (Å²) in [5.74, 6) is 2.06. The summed E-state index contributed by atoms with van der Waals surface area (Å²) >= 11 is 0. The van der Waals surface area contributed by atoms with Gasteiger partial charge in [-0.15, -0.1) is 0 Å². The third kappa shape index (κ3) is 3.55. The van der Waals surface area contributed by atoms with Crippen molar-refractivity contribution in [3.05, 3.63) is 47.7 Å². The van der Waals surface area contributed by atoms with Crippen molar-refractivity contribution < 1.29 is 14.3 Å². The molecule has 0 bridgehead atoms. The summed E-state index contributed by atoms with van der Waals surface area (Å²) in [6, 6.07) is 11.3. The number of aryl methyl sites for hydroxylation is 2. The number of carbonyl (C=O) groups excluding carboxylic acids is 1. The number of hydrogen-bond donors (Lipinski definition) is 1. The maximum atomic E-state index is 12.0. The van der Waals surface area contributed by atoms with Crippen LogP contribution in [0.15, 0.2) is 36.4 Å². The lowest BCUT2D eigenvalue weighted by molar-refractivity contribution is -0.116. The first-order valence-corrected chi connectivity index (χ1v) is 7.33. The summed E-state index contributed by atoms with van der Waals surface area (Å²) < 4.78 is 11.0. The molecule has 2 aromatic rings. The molecule has 2 heterocycles. The van der Waals surface area contributed by atoms with Gasteiger partial charge in [-0.2, -0.15) is 0 Å². The molecule has 0 fully saturated rings. The predicted octanol–water partition coefficient (Wildman–Crippen LogP) is 2.73. The largest absolute Gasteiger partial charge is 0.486 e. The molecular weight excluding hydrogens is 280 g/mol. The molecule has 3 rings (SSSR count). The Morgan fingerprint density at radius 1 is 1.18 bits per heavy atom. The van der Waals surface area contributed by atoms with Crippen LogP contribution >= 0.6 is 0 Å². The third-order valence-electron chi connectivity index (χ3n) is 3.40. The van der Waals surface area contributed by atoms with Gasteiger partial charge in [-0.25, -0.2) is 4.98 Å². The number of carbonyl (C=O) groups is 1. The van der Waals surface area contributed by atoms with Gasteiger partial charge in [-0.1, -0.05) is 12.1 Å². The van der Waals surface area contributed by atoms with Gasteiger partial charge in [0, 0.05) is 12.1 Å². The first-order valence-electron chi connectivity index (χ1n) is 7.33. The summed E-state index contributed by atoms with van der Waals surface area (Å²) in [5, 5.41) is 2.81. The van der Waals surface area contributed by atoms with Crippen molar-refractivity contribution in [3.63, 3.8) is 0 Å². The van der Waals surface area contributed by atoms with Crippen LogP contribution in [0.4, 0.5) is 5.82 Å². The van der Waals surface area contributed by atoms with Crippen molar-refractivity contribution in [1.82, 2.24) is 4.98 Å². The maximum absolute atomic E-state index is 12.0. The second-order valence-corrected chi connectivity index (χ2v) is 5.19. The predicted molar refractivity (Wildman–Crippen MR) is 83.4 cm³/mol. The lowest BCUT2D eigenvalue weighted by Crippen LogP contribution is -2.16. The van der Waals surface area contributed by atoms with Crippen molar-refractivity contribution in [2.24, 2.45) is 0 Å². The third-order valence-corrected chi connectivity index (χ3v) is 3.40. The van der Waals surface area contributed by atoms with E-state index in [-0.39, 0.29) is 5.91 Å². The molecule has 1 aliphatic heterocycles. The zero-order valence-corrected chi connectivity index (χ0v) is 12.5. The van der Waals surface area contributed by atoms with Gasteiger partial charge >= 0.3 is 0 Å². The fourth-order valence-corrected chi connectivity index (χ4v) is 2.32. The smallest absolute Gasteiger partial charge is 0.225 e. The summed E-state index contributed by atoms with van der Waals surface area (Å²) in [7, 11) is 0. The fourth-order valence-electron chi connectivity index (χ4n) is 2.32. The minimum atomic E-state index is -0.0482. The summed E-state index contributed by atoms with van der Waals surface area (Å²) in [6.45, 7) is 3.04.